The van der Waals surface area contributed by atoms with Crippen LogP contribution in [0.2, 0.25) is 5.02 Å². The molecule has 0 aliphatic carbocycles. The predicted octanol–water partition coefficient (Wildman–Crippen LogP) is 5.11. The van der Waals surface area contributed by atoms with E-state index < -0.39 is 0 Å². The van der Waals surface area contributed by atoms with E-state index in [2.05, 4.69) is 20.8 Å². The molecule has 4 rings (SSSR count). The van der Waals surface area contributed by atoms with Crippen LogP contribution < -0.4 is 20.1 Å². The van der Waals surface area contributed by atoms with Crippen LogP contribution in [0.25, 0.3) is 22.3 Å². The first-order valence-corrected chi connectivity index (χ1v) is 11.5. The van der Waals surface area contributed by atoms with Crippen molar-refractivity contribution in [2.75, 3.05) is 18.5 Å². The topological polar surface area (TPSA) is 114 Å². The molecule has 0 saturated carbocycles. The number of benzene rings is 2. The summed E-state index contributed by atoms with van der Waals surface area (Å²) in [5, 5.41) is 14.1. The van der Waals surface area contributed by atoms with Gasteiger partial charge in [-0.15, -0.1) is 0 Å². The van der Waals surface area contributed by atoms with Gasteiger partial charge in [0.15, 0.2) is 18.2 Å². The number of anilines is 2. The van der Waals surface area contributed by atoms with E-state index in [0.717, 1.165) is 10.9 Å². The van der Waals surface area contributed by atoms with E-state index in [1.165, 1.54) is 0 Å². The normalized spacial score (nSPS) is 11.3. The Bertz CT molecular complexity index is 1350. The zero-order chi connectivity index (χ0) is 25.0. The largest absolute Gasteiger partial charge is 0.494 e. The number of hydrogen-bond donors (Lipinski definition) is 3. The van der Waals surface area contributed by atoms with Gasteiger partial charge in [0, 0.05) is 22.7 Å². The van der Waals surface area contributed by atoms with Gasteiger partial charge in [0.05, 0.1) is 12.1 Å². The zero-order valence-corrected chi connectivity index (χ0v) is 20.7. The number of hydrogen-bond acceptors (Lipinski definition) is 7. The fourth-order valence-electron chi connectivity index (χ4n) is 3.39. The lowest BCUT2D eigenvalue weighted by atomic mass is 10.1. The number of aromatic amines is 1. The molecule has 0 aliphatic rings. The third kappa shape index (κ3) is 6.19. The molecule has 2 heterocycles. The van der Waals surface area contributed by atoms with Gasteiger partial charge in [-0.3, -0.25) is 9.89 Å². The molecular formula is C25H27ClN6O3. The van der Waals surface area contributed by atoms with Gasteiger partial charge in [0.1, 0.15) is 22.3 Å². The SMILES string of the molecule is CCOc1ccc2nc(-c3cccc(OCC(=O)NC(C)(C)C)c3)nc(Nc3n[nH]cc3Cl)c2c1. The number of nitrogens with zero attached hydrogens (tertiary/aromatic N) is 3. The Kier molecular flexibility index (Phi) is 7.07. The highest BCUT2D eigenvalue weighted by Gasteiger charge is 2.16. The highest BCUT2D eigenvalue weighted by Crippen LogP contribution is 2.32. The number of aromatic nitrogens is 4. The molecule has 0 bridgehead atoms. The van der Waals surface area contributed by atoms with Gasteiger partial charge >= 0.3 is 0 Å². The van der Waals surface area contributed by atoms with Gasteiger partial charge in [-0.2, -0.15) is 5.10 Å². The van der Waals surface area contributed by atoms with Gasteiger partial charge in [0.25, 0.3) is 5.91 Å². The fraction of sp³-hybridized carbons (Fsp3) is 0.280. The second kappa shape index (κ2) is 10.2. The van der Waals surface area contributed by atoms with Gasteiger partial charge in [-0.1, -0.05) is 23.7 Å². The Balaban J connectivity index is 1.67. The second-order valence-corrected chi connectivity index (χ2v) is 9.24. The van der Waals surface area contributed by atoms with Crippen LogP contribution in [0.5, 0.6) is 11.5 Å². The highest BCUT2D eigenvalue weighted by molar-refractivity contribution is 6.33. The first-order valence-electron chi connectivity index (χ1n) is 11.2. The van der Waals surface area contributed by atoms with Crippen LogP contribution in [0.15, 0.2) is 48.7 Å². The number of halogens is 1. The number of H-pyrrole nitrogens is 1. The minimum atomic E-state index is -0.329. The quantitative estimate of drug-likeness (QED) is 0.312. The Morgan fingerprint density at radius 2 is 1.86 bits per heavy atom. The minimum Gasteiger partial charge on any atom is -0.494 e. The van der Waals surface area contributed by atoms with E-state index in [0.29, 0.717) is 46.1 Å². The minimum absolute atomic E-state index is 0.0933. The third-order valence-corrected chi connectivity index (χ3v) is 5.07. The van der Waals surface area contributed by atoms with Crippen LogP contribution in [0.3, 0.4) is 0 Å². The molecule has 35 heavy (non-hydrogen) atoms. The molecule has 2 aromatic carbocycles. The van der Waals surface area contributed by atoms with Crippen molar-refractivity contribution in [3.63, 3.8) is 0 Å². The fourth-order valence-corrected chi connectivity index (χ4v) is 3.53. The van der Waals surface area contributed by atoms with Crippen LogP contribution >= 0.6 is 11.6 Å². The summed E-state index contributed by atoms with van der Waals surface area (Å²) in [4.78, 5) is 21.6. The first kappa shape index (κ1) is 24.3. The molecule has 0 aliphatic heterocycles. The number of carbonyl (C=O) groups excluding carboxylic acids is 1. The van der Waals surface area contributed by atoms with Crippen molar-refractivity contribution in [1.29, 1.82) is 0 Å². The number of nitrogens with one attached hydrogen (secondary N) is 3. The van der Waals surface area contributed by atoms with E-state index >= 15 is 0 Å². The molecule has 0 radical (unpaired) electrons. The Hall–Kier alpha value is -3.85. The van der Waals surface area contributed by atoms with Crippen molar-refractivity contribution in [1.82, 2.24) is 25.5 Å². The van der Waals surface area contributed by atoms with Crippen LogP contribution in [-0.4, -0.2) is 44.8 Å². The van der Waals surface area contributed by atoms with Gasteiger partial charge < -0.3 is 20.1 Å². The average molecular weight is 495 g/mol. The summed E-state index contributed by atoms with van der Waals surface area (Å²) in [7, 11) is 0. The van der Waals surface area contributed by atoms with Gasteiger partial charge in [0.2, 0.25) is 0 Å². The molecular weight excluding hydrogens is 468 g/mol. The number of amides is 1. The van der Waals surface area contributed by atoms with Crippen molar-refractivity contribution >= 4 is 40.0 Å². The molecule has 182 valence electrons. The van der Waals surface area contributed by atoms with Crippen LogP contribution in [-0.2, 0) is 4.79 Å². The first-order chi connectivity index (χ1) is 16.7. The summed E-state index contributed by atoms with van der Waals surface area (Å²) >= 11 is 6.23. The van der Waals surface area contributed by atoms with E-state index in [-0.39, 0.29) is 18.1 Å². The number of carbonyl (C=O) groups is 1. The summed E-state index contributed by atoms with van der Waals surface area (Å²) < 4.78 is 11.4. The van der Waals surface area contributed by atoms with E-state index in [9.17, 15) is 4.79 Å². The monoisotopic (exact) mass is 494 g/mol. The van der Waals surface area contributed by atoms with Crippen LogP contribution in [0.4, 0.5) is 11.6 Å². The number of ether oxygens (including phenoxy) is 2. The molecule has 9 nitrogen and oxygen atoms in total. The molecule has 3 N–H and O–H groups in total. The van der Waals surface area contributed by atoms with Crippen molar-refractivity contribution in [2.45, 2.75) is 33.2 Å². The van der Waals surface area contributed by atoms with E-state index in [1.54, 1.807) is 18.3 Å². The Labute approximate surface area is 208 Å². The lowest BCUT2D eigenvalue weighted by Gasteiger charge is -2.20. The smallest absolute Gasteiger partial charge is 0.258 e. The summed E-state index contributed by atoms with van der Waals surface area (Å²) in [6.07, 6.45) is 1.58. The second-order valence-electron chi connectivity index (χ2n) is 8.83. The van der Waals surface area contributed by atoms with Crippen molar-refractivity contribution < 1.29 is 14.3 Å². The number of rotatable bonds is 8. The molecule has 1 amide bonds. The molecule has 2 aromatic heterocycles. The van der Waals surface area contributed by atoms with E-state index in [4.69, 9.17) is 31.0 Å². The Morgan fingerprint density at radius 3 is 2.57 bits per heavy atom. The average Bonchev–Trinajstić information content (AvgIpc) is 3.21. The lowest BCUT2D eigenvalue weighted by Crippen LogP contribution is -2.43. The van der Waals surface area contributed by atoms with Crippen LogP contribution in [0.1, 0.15) is 27.7 Å². The summed E-state index contributed by atoms with van der Waals surface area (Å²) in [6, 6.07) is 12.9. The summed E-state index contributed by atoms with van der Waals surface area (Å²) in [5.41, 5.74) is 1.11. The molecule has 0 spiro atoms. The van der Waals surface area contributed by atoms with E-state index in [1.807, 2.05) is 58.0 Å². The molecule has 0 saturated heterocycles. The molecule has 10 heteroatoms. The highest BCUT2D eigenvalue weighted by atomic mass is 35.5. The maximum Gasteiger partial charge on any atom is 0.258 e. The van der Waals surface area contributed by atoms with Gasteiger partial charge in [-0.25, -0.2) is 9.97 Å². The molecule has 0 unspecified atom stereocenters. The Morgan fingerprint density at radius 1 is 1.06 bits per heavy atom. The number of fused-ring (bicyclic) bond motifs is 1. The summed E-state index contributed by atoms with van der Waals surface area (Å²) in [5.74, 6) is 2.49. The maximum absolute atomic E-state index is 12.1. The molecule has 0 fully saturated rings. The molecule has 4 aromatic rings. The van der Waals surface area contributed by atoms with Crippen molar-refractivity contribution in [3.8, 4) is 22.9 Å². The zero-order valence-electron chi connectivity index (χ0n) is 20.0. The summed E-state index contributed by atoms with van der Waals surface area (Å²) in [6.45, 7) is 8.13. The van der Waals surface area contributed by atoms with Crippen molar-refractivity contribution in [3.05, 3.63) is 53.7 Å². The molecule has 0 atom stereocenters. The third-order valence-electron chi connectivity index (χ3n) is 4.79. The standard InChI is InChI=1S/C25H27ClN6O3/c1-5-34-17-9-10-20-18(12-17)23(30-24-19(26)13-27-32-24)29-22(28-20)15-7-6-8-16(11-15)35-14-21(33)31-25(2,3)4/h6-13H,5,14H2,1-4H3,(H,31,33)(H2,27,28,29,30,32). The van der Waals surface area contributed by atoms with Gasteiger partial charge in [-0.05, 0) is 58.0 Å². The predicted molar refractivity (Wildman–Crippen MR) is 136 cm³/mol. The lowest BCUT2D eigenvalue weighted by molar-refractivity contribution is -0.124. The van der Waals surface area contributed by atoms with Crippen molar-refractivity contribution in [2.24, 2.45) is 0 Å². The maximum atomic E-state index is 12.1. The van der Waals surface area contributed by atoms with Crippen LogP contribution in [0, 0.1) is 0 Å².